The van der Waals surface area contributed by atoms with Gasteiger partial charge < -0.3 is 19.9 Å². The third-order valence-corrected chi connectivity index (χ3v) is 8.22. The van der Waals surface area contributed by atoms with Crippen LogP contribution in [0.15, 0.2) is 67.1 Å². The van der Waals surface area contributed by atoms with E-state index in [9.17, 15) is 0 Å². The van der Waals surface area contributed by atoms with Crippen molar-refractivity contribution in [3.8, 4) is 22.6 Å². The van der Waals surface area contributed by atoms with E-state index in [0.717, 1.165) is 85.5 Å². The van der Waals surface area contributed by atoms with Crippen molar-refractivity contribution in [3.05, 3.63) is 67.1 Å². The highest BCUT2D eigenvalue weighted by molar-refractivity contribution is 6.59. The number of piperazine rings is 1. The van der Waals surface area contributed by atoms with Crippen molar-refractivity contribution >= 4 is 40.4 Å². The second-order valence-electron chi connectivity index (χ2n) is 10.7. The van der Waals surface area contributed by atoms with E-state index < -0.39 is 5.24 Å². The van der Waals surface area contributed by atoms with Crippen molar-refractivity contribution in [1.29, 1.82) is 0 Å². The van der Waals surface area contributed by atoms with Crippen molar-refractivity contribution in [2.45, 2.75) is 43.0 Å². The first-order chi connectivity index (χ1) is 18.9. The van der Waals surface area contributed by atoms with Crippen LogP contribution in [0.25, 0.3) is 22.2 Å². The second kappa shape index (κ2) is 10.7. The van der Waals surface area contributed by atoms with Gasteiger partial charge in [-0.25, -0.2) is 9.97 Å². The third-order valence-electron chi connectivity index (χ3n) is 8.22. The Morgan fingerprint density at radius 2 is 1.44 bits per heavy atom. The SMILES string of the molecule is [B]C([B])([B])N1CCN(C2CCC(n3cc(-c4ccc(Oc5ccccc5)cc4)c4c(N)ncnc43)CC2)CC1. The Morgan fingerprint density at radius 1 is 0.795 bits per heavy atom. The number of nitrogens with two attached hydrogens (primary N) is 1. The fourth-order valence-corrected chi connectivity index (χ4v) is 6.11. The number of fused-ring (bicyclic) bond motifs is 1. The number of anilines is 1. The minimum atomic E-state index is -1.24. The molecule has 2 aromatic heterocycles. The van der Waals surface area contributed by atoms with Gasteiger partial charge >= 0.3 is 0 Å². The van der Waals surface area contributed by atoms with E-state index >= 15 is 0 Å². The van der Waals surface area contributed by atoms with Gasteiger partial charge in [-0.3, -0.25) is 4.90 Å². The molecule has 7 nitrogen and oxygen atoms in total. The van der Waals surface area contributed by atoms with E-state index in [1.165, 1.54) is 0 Å². The molecule has 3 heterocycles. The Labute approximate surface area is 234 Å². The van der Waals surface area contributed by atoms with Crippen LogP contribution in [-0.2, 0) is 0 Å². The molecule has 1 saturated heterocycles. The van der Waals surface area contributed by atoms with Gasteiger partial charge in [-0.1, -0.05) is 35.6 Å². The lowest BCUT2D eigenvalue weighted by molar-refractivity contribution is 0.0702. The lowest BCUT2D eigenvalue weighted by atomic mass is 9.48. The van der Waals surface area contributed by atoms with Gasteiger partial charge in [0.2, 0.25) is 0 Å². The van der Waals surface area contributed by atoms with Crippen LogP contribution in [0, 0.1) is 0 Å². The van der Waals surface area contributed by atoms with Gasteiger partial charge in [-0.05, 0) is 55.5 Å². The maximum absolute atomic E-state index is 6.40. The molecule has 1 aliphatic carbocycles. The molecule has 2 aromatic carbocycles. The predicted octanol–water partition coefficient (Wildman–Crippen LogP) is 3.69. The molecular weight excluding hydrogens is 481 g/mol. The lowest BCUT2D eigenvalue weighted by Gasteiger charge is -2.47. The highest BCUT2D eigenvalue weighted by Crippen LogP contribution is 2.39. The number of benzene rings is 2. The largest absolute Gasteiger partial charge is 0.457 e. The van der Waals surface area contributed by atoms with Crippen LogP contribution in [0.4, 0.5) is 5.82 Å². The average Bonchev–Trinajstić information content (AvgIpc) is 3.35. The minimum absolute atomic E-state index is 0.360. The number of hydrogen-bond acceptors (Lipinski definition) is 6. The molecule has 4 aromatic rings. The van der Waals surface area contributed by atoms with Gasteiger partial charge in [-0.2, -0.15) is 0 Å². The molecule has 39 heavy (non-hydrogen) atoms. The zero-order chi connectivity index (χ0) is 27.0. The Bertz CT molecular complexity index is 1410. The molecule has 0 unspecified atom stereocenters. The first-order valence-corrected chi connectivity index (χ1v) is 13.7. The molecule has 2 N–H and O–H groups in total. The van der Waals surface area contributed by atoms with E-state index in [1.54, 1.807) is 6.33 Å². The molecule has 0 bridgehead atoms. The van der Waals surface area contributed by atoms with Gasteiger partial charge in [0.05, 0.1) is 28.9 Å². The predicted molar refractivity (Wildman–Crippen MR) is 158 cm³/mol. The molecule has 192 valence electrons. The number of nitrogen functional groups attached to an aromatic ring is 1. The maximum Gasteiger partial charge on any atom is 0.146 e. The monoisotopic (exact) mass is 512 g/mol. The summed E-state index contributed by atoms with van der Waals surface area (Å²) < 4.78 is 8.30. The standard InChI is InChI=1S/C29H31B3N6O/c30-29(31,32)37-16-14-36(15-17-37)21-8-10-22(11-9-21)38-18-25(26-27(33)34-19-35-28(26)38)20-6-12-24(13-7-20)39-23-4-2-1-3-5-23/h1-7,12-13,18-19,21-22H,8-11,14-17H2,(H2,33,34,35). The number of ether oxygens (including phenoxy) is 1. The molecule has 10 heteroatoms. The molecule has 1 saturated carbocycles. The van der Waals surface area contributed by atoms with Crippen molar-refractivity contribution in [1.82, 2.24) is 24.3 Å². The van der Waals surface area contributed by atoms with Gasteiger partial charge in [0.1, 0.15) is 29.3 Å². The molecule has 0 amide bonds. The van der Waals surface area contributed by atoms with Crippen LogP contribution in [-0.4, -0.2) is 85.3 Å². The van der Waals surface area contributed by atoms with Crippen molar-refractivity contribution in [2.75, 3.05) is 31.9 Å². The van der Waals surface area contributed by atoms with Crippen molar-refractivity contribution in [2.24, 2.45) is 0 Å². The zero-order valence-corrected chi connectivity index (χ0v) is 22.1. The Hall–Kier alpha value is -3.23. The first-order valence-electron chi connectivity index (χ1n) is 13.7. The van der Waals surface area contributed by atoms with Crippen molar-refractivity contribution < 1.29 is 4.74 Å². The quantitative estimate of drug-likeness (QED) is 0.398. The molecule has 1 aliphatic heterocycles. The third kappa shape index (κ3) is 5.45. The minimum Gasteiger partial charge on any atom is -0.457 e. The summed E-state index contributed by atoms with van der Waals surface area (Å²) in [7, 11) is 17.7. The first kappa shape index (κ1) is 26.0. The zero-order valence-electron chi connectivity index (χ0n) is 22.1. The number of aromatic nitrogens is 3. The average molecular weight is 512 g/mol. The number of rotatable bonds is 6. The highest BCUT2D eigenvalue weighted by Gasteiger charge is 2.32. The fourth-order valence-electron chi connectivity index (χ4n) is 6.11. The van der Waals surface area contributed by atoms with Gasteiger partial charge in [-0.15, -0.1) is 0 Å². The summed E-state index contributed by atoms with van der Waals surface area (Å²) in [5.41, 5.74) is 9.40. The van der Waals surface area contributed by atoms with Crippen molar-refractivity contribution in [3.63, 3.8) is 0 Å². The van der Waals surface area contributed by atoms with Gasteiger partial charge in [0, 0.05) is 50.0 Å². The molecule has 2 aliphatic rings. The lowest BCUT2D eigenvalue weighted by Crippen LogP contribution is -2.60. The Kier molecular flexibility index (Phi) is 7.17. The Morgan fingerprint density at radius 3 is 2.10 bits per heavy atom. The molecule has 6 radical (unpaired) electrons. The molecule has 0 spiro atoms. The summed E-state index contributed by atoms with van der Waals surface area (Å²) in [6.07, 6.45) is 8.19. The maximum atomic E-state index is 6.40. The van der Waals surface area contributed by atoms with Gasteiger partial charge in [0.15, 0.2) is 0 Å². The van der Waals surface area contributed by atoms with E-state index in [-0.39, 0.29) is 0 Å². The summed E-state index contributed by atoms with van der Waals surface area (Å²) >= 11 is 0. The molecule has 6 rings (SSSR count). The summed E-state index contributed by atoms with van der Waals surface area (Å²) in [6, 6.07) is 18.8. The van der Waals surface area contributed by atoms with E-state index in [0.29, 0.717) is 17.9 Å². The fraction of sp³-hybridized carbons (Fsp3) is 0.379. The van der Waals surface area contributed by atoms with Crippen LogP contribution in [0.1, 0.15) is 31.7 Å². The van der Waals surface area contributed by atoms with E-state index in [1.807, 2.05) is 47.4 Å². The summed E-state index contributed by atoms with van der Waals surface area (Å²) in [4.78, 5) is 13.5. The number of para-hydroxylation sites is 1. The van der Waals surface area contributed by atoms with Crippen LogP contribution in [0.2, 0.25) is 0 Å². The molecular formula is C29H31B3N6O. The molecule has 2 fully saturated rings. The van der Waals surface area contributed by atoms with Crippen LogP contribution < -0.4 is 10.5 Å². The van der Waals surface area contributed by atoms with Crippen LogP contribution in [0.5, 0.6) is 11.5 Å². The van der Waals surface area contributed by atoms with Gasteiger partial charge in [0.25, 0.3) is 0 Å². The van der Waals surface area contributed by atoms with E-state index in [4.69, 9.17) is 34.0 Å². The Balaban J connectivity index is 1.18. The summed E-state index contributed by atoms with van der Waals surface area (Å²) in [6.45, 7) is 3.46. The highest BCUT2D eigenvalue weighted by atomic mass is 16.5. The summed E-state index contributed by atoms with van der Waals surface area (Å²) in [5, 5.41) is -0.336. The van der Waals surface area contributed by atoms with E-state index in [2.05, 4.69) is 37.8 Å². The topological polar surface area (TPSA) is 72.4 Å². The normalized spacial score (nSPS) is 21.2. The summed E-state index contributed by atoms with van der Waals surface area (Å²) in [5.74, 6) is 2.09. The smallest absolute Gasteiger partial charge is 0.146 e. The van der Waals surface area contributed by atoms with Crippen LogP contribution >= 0.6 is 0 Å². The molecule has 0 atom stereocenters. The number of nitrogens with zero attached hydrogens (tertiary/aromatic N) is 5. The van der Waals surface area contributed by atoms with Crippen LogP contribution in [0.3, 0.4) is 0 Å². The second-order valence-corrected chi connectivity index (χ2v) is 10.7. The number of hydrogen-bond donors (Lipinski definition) is 1.